The van der Waals surface area contributed by atoms with Gasteiger partial charge in [0.05, 0.1) is 7.11 Å². The predicted molar refractivity (Wildman–Crippen MR) is 112 cm³/mol. The molecular formula is C24H27NO3. The minimum absolute atomic E-state index is 0.451. The van der Waals surface area contributed by atoms with Gasteiger partial charge in [-0.05, 0) is 36.7 Å². The van der Waals surface area contributed by atoms with E-state index in [1.54, 1.807) is 7.11 Å². The fourth-order valence-electron chi connectivity index (χ4n) is 2.95. The van der Waals surface area contributed by atoms with Crippen molar-refractivity contribution in [3.05, 3.63) is 90.0 Å². The van der Waals surface area contributed by atoms with Gasteiger partial charge in [0.2, 0.25) is 0 Å². The molecule has 0 fully saturated rings. The van der Waals surface area contributed by atoms with Crippen LogP contribution >= 0.6 is 0 Å². The van der Waals surface area contributed by atoms with E-state index < -0.39 is 0 Å². The van der Waals surface area contributed by atoms with Crippen molar-refractivity contribution >= 4 is 0 Å². The average molecular weight is 377 g/mol. The fraction of sp³-hybridized carbons (Fsp3) is 0.250. The topological polar surface area (TPSA) is 39.7 Å². The van der Waals surface area contributed by atoms with E-state index in [4.69, 9.17) is 14.2 Å². The zero-order valence-electron chi connectivity index (χ0n) is 16.3. The van der Waals surface area contributed by atoms with Gasteiger partial charge in [-0.1, -0.05) is 60.7 Å². The SMILES string of the molecule is COc1cccc(CNCCc2ccccc2)c1OCCOc1ccccc1. The Morgan fingerprint density at radius 2 is 1.46 bits per heavy atom. The summed E-state index contributed by atoms with van der Waals surface area (Å²) in [5.41, 5.74) is 2.40. The van der Waals surface area contributed by atoms with Crippen molar-refractivity contribution in [2.75, 3.05) is 26.9 Å². The number of hydrogen-bond donors (Lipinski definition) is 1. The van der Waals surface area contributed by atoms with Crippen LogP contribution in [0.3, 0.4) is 0 Å². The highest BCUT2D eigenvalue weighted by atomic mass is 16.5. The van der Waals surface area contributed by atoms with E-state index in [-0.39, 0.29) is 0 Å². The van der Waals surface area contributed by atoms with Gasteiger partial charge >= 0.3 is 0 Å². The molecule has 0 heterocycles. The minimum atomic E-state index is 0.451. The molecule has 0 saturated heterocycles. The zero-order chi connectivity index (χ0) is 19.4. The normalized spacial score (nSPS) is 10.5. The number of ether oxygens (including phenoxy) is 3. The fourth-order valence-corrected chi connectivity index (χ4v) is 2.95. The van der Waals surface area contributed by atoms with Crippen molar-refractivity contribution in [2.24, 2.45) is 0 Å². The second-order valence-electron chi connectivity index (χ2n) is 6.37. The zero-order valence-corrected chi connectivity index (χ0v) is 16.3. The van der Waals surface area contributed by atoms with Crippen LogP contribution in [-0.4, -0.2) is 26.9 Å². The third kappa shape index (κ3) is 6.03. The first kappa shape index (κ1) is 19.8. The Balaban J connectivity index is 1.51. The molecule has 0 atom stereocenters. The molecule has 0 aromatic heterocycles. The highest BCUT2D eigenvalue weighted by molar-refractivity contribution is 5.46. The number of benzene rings is 3. The lowest BCUT2D eigenvalue weighted by atomic mass is 10.1. The van der Waals surface area contributed by atoms with Crippen molar-refractivity contribution in [1.82, 2.24) is 5.32 Å². The summed E-state index contributed by atoms with van der Waals surface area (Å²) in [6, 6.07) is 26.2. The maximum absolute atomic E-state index is 6.01. The van der Waals surface area contributed by atoms with Gasteiger partial charge in [-0.2, -0.15) is 0 Å². The van der Waals surface area contributed by atoms with E-state index in [0.717, 1.165) is 42.3 Å². The second-order valence-corrected chi connectivity index (χ2v) is 6.37. The Labute approximate surface area is 167 Å². The summed E-state index contributed by atoms with van der Waals surface area (Å²) in [7, 11) is 1.66. The van der Waals surface area contributed by atoms with E-state index in [0.29, 0.717) is 13.2 Å². The van der Waals surface area contributed by atoms with Crippen molar-refractivity contribution in [3.63, 3.8) is 0 Å². The summed E-state index contributed by atoms with van der Waals surface area (Å²) in [5.74, 6) is 2.35. The van der Waals surface area contributed by atoms with Crippen molar-refractivity contribution in [3.8, 4) is 17.2 Å². The Bertz CT molecular complexity index is 822. The maximum Gasteiger partial charge on any atom is 0.165 e. The Kier molecular flexibility index (Phi) is 7.77. The number of hydrogen-bond acceptors (Lipinski definition) is 4. The molecule has 4 heteroatoms. The summed E-state index contributed by atoms with van der Waals surface area (Å²) in [6.07, 6.45) is 0.992. The molecule has 0 radical (unpaired) electrons. The van der Waals surface area contributed by atoms with Crippen LogP contribution in [0.5, 0.6) is 17.2 Å². The molecule has 3 rings (SSSR count). The highest BCUT2D eigenvalue weighted by Gasteiger charge is 2.10. The molecule has 3 aromatic rings. The monoisotopic (exact) mass is 377 g/mol. The maximum atomic E-state index is 6.01. The lowest BCUT2D eigenvalue weighted by Crippen LogP contribution is -2.18. The number of rotatable bonds is 11. The third-order valence-corrected chi connectivity index (χ3v) is 4.37. The van der Waals surface area contributed by atoms with Gasteiger partial charge in [-0.15, -0.1) is 0 Å². The van der Waals surface area contributed by atoms with Crippen LogP contribution in [0.1, 0.15) is 11.1 Å². The average Bonchev–Trinajstić information content (AvgIpc) is 2.76. The second kappa shape index (κ2) is 11.0. The Morgan fingerprint density at radius 1 is 0.750 bits per heavy atom. The molecule has 0 aliphatic heterocycles. The van der Waals surface area contributed by atoms with Gasteiger partial charge in [-0.3, -0.25) is 0 Å². The third-order valence-electron chi connectivity index (χ3n) is 4.37. The van der Waals surface area contributed by atoms with Gasteiger partial charge < -0.3 is 19.5 Å². The van der Waals surface area contributed by atoms with E-state index in [1.807, 2.05) is 48.5 Å². The molecule has 1 N–H and O–H groups in total. The van der Waals surface area contributed by atoms with Crippen LogP contribution in [0.4, 0.5) is 0 Å². The number of methoxy groups -OCH3 is 1. The first-order valence-electron chi connectivity index (χ1n) is 9.58. The Morgan fingerprint density at radius 3 is 2.21 bits per heavy atom. The standard InChI is InChI=1S/C24H27NO3/c1-26-23-14-8-11-21(19-25-16-15-20-9-4-2-5-10-20)24(23)28-18-17-27-22-12-6-3-7-13-22/h2-14,25H,15-19H2,1H3. The van der Waals surface area contributed by atoms with Crippen LogP contribution in [0, 0.1) is 0 Å². The molecule has 0 aliphatic carbocycles. The van der Waals surface area contributed by atoms with Gasteiger partial charge in [0.15, 0.2) is 11.5 Å². The molecule has 0 aliphatic rings. The molecule has 4 nitrogen and oxygen atoms in total. The molecule has 0 unspecified atom stereocenters. The minimum Gasteiger partial charge on any atom is -0.493 e. The van der Waals surface area contributed by atoms with Gasteiger partial charge in [0.1, 0.15) is 19.0 Å². The van der Waals surface area contributed by atoms with Crippen molar-refractivity contribution in [1.29, 1.82) is 0 Å². The smallest absolute Gasteiger partial charge is 0.165 e. The molecule has 0 saturated carbocycles. The van der Waals surface area contributed by atoms with Crippen LogP contribution < -0.4 is 19.5 Å². The van der Waals surface area contributed by atoms with Crippen LogP contribution in [0.25, 0.3) is 0 Å². The molecular weight excluding hydrogens is 350 g/mol. The number of nitrogens with one attached hydrogen (secondary N) is 1. The molecule has 146 valence electrons. The van der Waals surface area contributed by atoms with Crippen LogP contribution in [0.2, 0.25) is 0 Å². The van der Waals surface area contributed by atoms with Gasteiger partial charge in [0, 0.05) is 12.1 Å². The first-order chi connectivity index (χ1) is 13.9. The highest BCUT2D eigenvalue weighted by Crippen LogP contribution is 2.31. The summed E-state index contributed by atoms with van der Waals surface area (Å²) in [6.45, 7) is 2.55. The summed E-state index contributed by atoms with van der Waals surface area (Å²) >= 11 is 0. The van der Waals surface area contributed by atoms with Gasteiger partial charge in [0.25, 0.3) is 0 Å². The van der Waals surface area contributed by atoms with E-state index >= 15 is 0 Å². The molecule has 28 heavy (non-hydrogen) atoms. The molecule has 3 aromatic carbocycles. The lowest BCUT2D eigenvalue weighted by Gasteiger charge is -2.16. The first-order valence-corrected chi connectivity index (χ1v) is 9.58. The lowest BCUT2D eigenvalue weighted by molar-refractivity contribution is 0.209. The molecule has 0 amide bonds. The summed E-state index contributed by atoms with van der Waals surface area (Å²) in [5, 5.41) is 3.49. The quantitative estimate of drug-likeness (QED) is 0.500. The predicted octanol–water partition coefficient (Wildman–Crippen LogP) is 4.49. The summed E-state index contributed by atoms with van der Waals surface area (Å²) in [4.78, 5) is 0. The Hall–Kier alpha value is -2.98. The van der Waals surface area contributed by atoms with Crippen LogP contribution in [0.15, 0.2) is 78.9 Å². The van der Waals surface area contributed by atoms with Crippen molar-refractivity contribution in [2.45, 2.75) is 13.0 Å². The van der Waals surface area contributed by atoms with E-state index in [9.17, 15) is 0 Å². The van der Waals surface area contributed by atoms with Crippen LogP contribution in [-0.2, 0) is 13.0 Å². The molecule has 0 spiro atoms. The number of para-hydroxylation sites is 2. The summed E-state index contributed by atoms with van der Waals surface area (Å²) < 4.78 is 17.2. The van der Waals surface area contributed by atoms with Crippen molar-refractivity contribution < 1.29 is 14.2 Å². The largest absolute Gasteiger partial charge is 0.493 e. The molecule has 0 bridgehead atoms. The van der Waals surface area contributed by atoms with Gasteiger partial charge in [-0.25, -0.2) is 0 Å². The van der Waals surface area contributed by atoms with E-state index in [1.165, 1.54) is 5.56 Å². The van der Waals surface area contributed by atoms with E-state index in [2.05, 4.69) is 35.6 Å².